The molecule has 1 amide bonds. The molecule has 0 radical (unpaired) electrons. The topological polar surface area (TPSA) is 58.6 Å². The van der Waals surface area contributed by atoms with Crippen LogP contribution in [0.5, 0.6) is 0 Å². The van der Waals surface area contributed by atoms with Gasteiger partial charge in [-0.25, -0.2) is 0 Å². The van der Waals surface area contributed by atoms with Gasteiger partial charge in [-0.2, -0.15) is 0 Å². The zero-order chi connectivity index (χ0) is 11.7. The van der Waals surface area contributed by atoms with E-state index in [9.17, 15) is 4.79 Å². The highest BCUT2D eigenvalue weighted by molar-refractivity contribution is 5.80. The van der Waals surface area contributed by atoms with Gasteiger partial charge in [0.1, 0.15) is 6.10 Å². The molecule has 15 heavy (non-hydrogen) atoms. The van der Waals surface area contributed by atoms with Crippen LogP contribution < -0.4 is 5.32 Å². The molecule has 0 spiro atoms. The van der Waals surface area contributed by atoms with Crippen LogP contribution in [0.4, 0.5) is 0 Å². The first-order chi connectivity index (χ1) is 7.11. The highest BCUT2D eigenvalue weighted by atomic mass is 16.5. The number of aliphatic hydroxyl groups excluding tert-OH is 1. The predicted molar refractivity (Wildman–Crippen MR) is 59.5 cm³/mol. The summed E-state index contributed by atoms with van der Waals surface area (Å²) in [6.07, 6.45) is 2.04. The maximum absolute atomic E-state index is 11.4. The number of nitrogens with one attached hydrogen (secondary N) is 1. The largest absolute Gasteiger partial charge is 0.396 e. The molecule has 0 aromatic heterocycles. The fraction of sp³-hybridized carbons (Fsp3) is 0.727. The Balaban J connectivity index is 3.64. The second-order valence-corrected chi connectivity index (χ2v) is 3.62. The third-order valence-corrected chi connectivity index (χ3v) is 2.00. The third-order valence-electron chi connectivity index (χ3n) is 2.00. The van der Waals surface area contributed by atoms with Crippen molar-refractivity contribution in [1.29, 1.82) is 0 Å². The molecule has 2 atom stereocenters. The van der Waals surface area contributed by atoms with Crippen molar-refractivity contribution >= 4 is 5.91 Å². The van der Waals surface area contributed by atoms with E-state index in [1.807, 2.05) is 6.92 Å². The fourth-order valence-corrected chi connectivity index (χ4v) is 0.887. The van der Waals surface area contributed by atoms with Crippen LogP contribution in [-0.2, 0) is 9.53 Å². The average Bonchev–Trinajstić information content (AvgIpc) is 2.25. The minimum Gasteiger partial charge on any atom is -0.396 e. The third kappa shape index (κ3) is 7.11. The molecule has 0 aliphatic carbocycles. The van der Waals surface area contributed by atoms with Crippen molar-refractivity contribution in [1.82, 2.24) is 5.32 Å². The number of rotatable bonds is 8. The van der Waals surface area contributed by atoms with Crippen molar-refractivity contribution in [3.05, 3.63) is 12.7 Å². The average molecular weight is 215 g/mol. The second-order valence-electron chi connectivity index (χ2n) is 3.62. The monoisotopic (exact) mass is 215 g/mol. The molecule has 0 heterocycles. The van der Waals surface area contributed by atoms with Gasteiger partial charge in [0.15, 0.2) is 0 Å². The number of hydrogen-bond donors (Lipinski definition) is 2. The van der Waals surface area contributed by atoms with Crippen molar-refractivity contribution in [2.24, 2.45) is 5.92 Å². The highest BCUT2D eigenvalue weighted by Gasteiger charge is 2.13. The standard InChI is InChI=1S/C11H21NO3/c1-4-5-6-15-10(3)11(14)12-7-9(2)8-13/h4,9-10,13H,1,5-8H2,2-3H3,(H,12,14). The first-order valence-corrected chi connectivity index (χ1v) is 5.22. The molecule has 0 saturated carbocycles. The Morgan fingerprint density at radius 1 is 1.60 bits per heavy atom. The SMILES string of the molecule is C=CCCOC(C)C(=O)NCC(C)CO. The molecule has 4 heteroatoms. The summed E-state index contributed by atoms with van der Waals surface area (Å²) in [5, 5.41) is 11.5. The number of carbonyl (C=O) groups excluding carboxylic acids is 1. The minimum absolute atomic E-state index is 0.0754. The zero-order valence-corrected chi connectivity index (χ0v) is 9.53. The van der Waals surface area contributed by atoms with Crippen LogP contribution in [0.25, 0.3) is 0 Å². The lowest BCUT2D eigenvalue weighted by Crippen LogP contribution is -2.37. The van der Waals surface area contributed by atoms with E-state index in [-0.39, 0.29) is 18.4 Å². The van der Waals surface area contributed by atoms with Crippen LogP contribution in [0.1, 0.15) is 20.3 Å². The molecule has 0 aliphatic rings. The molecule has 0 aliphatic heterocycles. The Morgan fingerprint density at radius 3 is 2.80 bits per heavy atom. The molecule has 4 nitrogen and oxygen atoms in total. The summed E-state index contributed by atoms with van der Waals surface area (Å²) in [5.41, 5.74) is 0. The van der Waals surface area contributed by atoms with Gasteiger partial charge in [0.05, 0.1) is 6.61 Å². The smallest absolute Gasteiger partial charge is 0.248 e. The molecular weight excluding hydrogens is 194 g/mol. The van der Waals surface area contributed by atoms with Gasteiger partial charge >= 0.3 is 0 Å². The van der Waals surface area contributed by atoms with Gasteiger partial charge in [-0.3, -0.25) is 4.79 Å². The molecular formula is C11H21NO3. The Bertz CT molecular complexity index is 194. The highest BCUT2D eigenvalue weighted by Crippen LogP contribution is 1.95. The van der Waals surface area contributed by atoms with Crippen molar-refractivity contribution in [2.75, 3.05) is 19.8 Å². The van der Waals surface area contributed by atoms with E-state index in [0.29, 0.717) is 13.2 Å². The summed E-state index contributed by atoms with van der Waals surface area (Å²) < 4.78 is 5.26. The molecule has 88 valence electrons. The Labute approximate surface area is 91.3 Å². The van der Waals surface area contributed by atoms with Gasteiger partial charge in [-0.1, -0.05) is 13.0 Å². The molecule has 2 N–H and O–H groups in total. The number of hydrogen-bond acceptors (Lipinski definition) is 3. The van der Waals surface area contributed by atoms with E-state index in [1.165, 1.54) is 0 Å². The van der Waals surface area contributed by atoms with E-state index in [1.54, 1.807) is 13.0 Å². The Kier molecular flexibility index (Phi) is 7.95. The molecule has 0 saturated heterocycles. The molecule has 0 aromatic rings. The minimum atomic E-state index is -0.448. The van der Waals surface area contributed by atoms with E-state index < -0.39 is 6.10 Å². The van der Waals surface area contributed by atoms with E-state index in [2.05, 4.69) is 11.9 Å². The van der Waals surface area contributed by atoms with Crippen molar-refractivity contribution in [3.8, 4) is 0 Å². The van der Waals surface area contributed by atoms with Crippen LogP contribution >= 0.6 is 0 Å². The number of ether oxygens (including phenoxy) is 1. The quantitative estimate of drug-likeness (QED) is 0.463. The Hall–Kier alpha value is -0.870. The first kappa shape index (κ1) is 14.1. The van der Waals surface area contributed by atoms with Crippen LogP contribution in [0.15, 0.2) is 12.7 Å². The number of amides is 1. The Morgan fingerprint density at radius 2 is 2.27 bits per heavy atom. The lowest BCUT2D eigenvalue weighted by Gasteiger charge is -2.14. The van der Waals surface area contributed by atoms with Crippen LogP contribution in [0.2, 0.25) is 0 Å². The van der Waals surface area contributed by atoms with Crippen LogP contribution in [0, 0.1) is 5.92 Å². The van der Waals surface area contributed by atoms with Gasteiger partial charge < -0.3 is 15.2 Å². The molecule has 0 fully saturated rings. The maximum atomic E-state index is 11.4. The fourth-order valence-electron chi connectivity index (χ4n) is 0.887. The van der Waals surface area contributed by atoms with Crippen molar-refractivity contribution in [3.63, 3.8) is 0 Å². The van der Waals surface area contributed by atoms with Gasteiger partial charge in [0.2, 0.25) is 5.91 Å². The van der Waals surface area contributed by atoms with Gasteiger partial charge in [-0.05, 0) is 19.3 Å². The van der Waals surface area contributed by atoms with E-state index >= 15 is 0 Å². The zero-order valence-electron chi connectivity index (χ0n) is 9.53. The lowest BCUT2D eigenvalue weighted by molar-refractivity contribution is -0.131. The molecule has 0 rings (SSSR count). The summed E-state index contributed by atoms with van der Waals surface area (Å²) in [5.74, 6) is -0.0614. The molecule has 0 bridgehead atoms. The lowest BCUT2D eigenvalue weighted by atomic mass is 10.2. The number of carbonyl (C=O) groups is 1. The summed E-state index contributed by atoms with van der Waals surface area (Å²) in [4.78, 5) is 11.4. The second kappa shape index (κ2) is 8.44. The van der Waals surface area contributed by atoms with E-state index in [4.69, 9.17) is 9.84 Å². The van der Waals surface area contributed by atoms with Crippen molar-refractivity contribution < 1.29 is 14.6 Å². The van der Waals surface area contributed by atoms with Gasteiger partial charge in [0, 0.05) is 13.2 Å². The summed E-state index contributed by atoms with van der Waals surface area (Å²) in [6.45, 7) is 8.20. The molecule has 2 unspecified atom stereocenters. The van der Waals surface area contributed by atoms with Gasteiger partial charge in [0.25, 0.3) is 0 Å². The number of aliphatic hydroxyl groups is 1. The predicted octanol–water partition coefficient (Wildman–Crippen LogP) is 0.712. The summed E-state index contributed by atoms with van der Waals surface area (Å²) in [7, 11) is 0. The summed E-state index contributed by atoms with van der Waals surface area (Å²) >= 11 is 0. The maximum Gasteiger partial charge on any atom is 0.248 e. The van der Waals surface area contributed by atoms with Crippen LogP contribution in [0.3, 0.4) is 0 Å². The van der Waals surface area contributed by atoms with Gasteiger partial charge in [-0.15, -0.1) is 6.58 Å². The summed E-state index contributed by atoms with van der Waals surface area (Å²) in [6, 6.07) is 0. The van der Waals surface area contributed by atoms with Crippen LogP contribution in [-0.4, -0.2) is 36.9 Å². The normalized spacial score (nSPS) is 14.3. The van der Waals surface area contributed by atoms with Crippen molar-refractivity contribution in [2.45, 2.75) is 26.4 Å². The first-order valence-electron chi connectivity index (χ1n) is 5.22. The van der Waals surface area contributed by atoms with E-state index in [0.717, 1.165) is 6.42 Å². The molecule has 0 aromatic carbocycles.